The fraction of sp³-hybridized carbons (Fsp3) is 0.0789. The summed E-state index contributed by atoms with van der Waals surface area (Å²) in [5.41, 5.74) is 12.8. The molecule has 0 radical (unpaired) electrons. The summed E-state index contributed by atoms with van der Waals surface area (Å²) in [6.07, 6.45) is 6.70. The molecule has 1 aliphatic carbocycles. The Morgan fingerprint density at radius 1 is 0.488 bits per heavy atom. The molecule has 4 aromatic carbocycles. The van der Waals surface area contributed by atoms with Crippen LogP contribution >= 0.6 is 0 Å². The number of allylic oxidation sites excluding steroid dienone is 1. The number of pyridine rings is 1. The Hall–Kier alpha value is -5.15. The van der Waals surface area contributed by atoms with Gasteiger partial charge in [0, 0.05) is 27.9 Å². The number of rotatable bonds is 5. The third kappa shape index (κ3) is 5.22. The second-order valence-electron chi connectivity index (χ2n) is 10.5. The van der Waals surface area contributed by atoms with Crippen molar-refractivity contribution in [3.63, 3.8) is 0 Å². The molecule has 6 aromatic rings. The van der Waals surface area contributed by atoms with Crippen LogP contribution in [0, 0.1) is 6.92 Å². The Morgan fingerprint density at radius 2 is 1.17 bits per heavy atom. The van der Waals surface area contributed by atoms with Crippen molar-refractivity contribution in [1.29, 1.82) is 0 Å². The van der Waals surface area contributed by atoms with E-state index in [1.54, 1.807) is 0 Å². The average molecular weight is 528 g/mol. The number of aromatic nitrogens is 3. The van der Waals surface area contributed by atoms with Crippen molar-refractivity contribution in [3.05, 3.63) is 144 Å². The summed E-state index contributed by atoms with van der Waals surface area (Å²) in [5.74, 6) is 0.693. The van der Waals surface area contributed by atoms with Crippen LogP contribution in [0.1, 0.15) is 23.2 Å². The maximum atomic E-state index is 5.11. The summed E-state index contributed by atoms with van der Waals surface area (Å²) in [6, 6.07) is 42.3. The Bertz CT molecular complexity index is 1830. The zero-order valence-corrected chi connectivity index (χ0v) is 23.0. The van der Waals surface area contributed by atoms with Crippen LogP contribution in [-0.4, -0.2) is 15.0 Å². The Morgan fingerprint density at radius 3 is 1.88 bits per heavy atom. The van der Waals surface area contributed by atoms with E-state index in [4.69, 9.17) is 15.0 Å². The molecule has 0 atom stereocenters. The molecule has 2 aromatic heterocycles. The maximum absolute atomic E-state index is 5.11. The fourth-order valence-electron chi connectivity index (χ4n) is 5.47. The summed E-state index contributed by atoms with van der Waals surface area (Å²) in [6.45, 7) is 2.03. The standard InChI is InChI=1S/C38H29N3/c1-26-11-10-18-35(39-26)33-22-32(31-20-19-27-12-8-9-17-30(27)21-31)23-34(24-33)38-40-36(28-13-4-2-5-14-28)25-37(41-38)29-15-6-3-7-16-29/h2-7,9-11,13-25H,8,12H2,1H3. The van der Waals surface area contributed by atoms with Crippen molar-refractivity contribution in [1.82, 2.24) is 15.0 Å². The van der Waals surface area contributed by atoms with E-state index in [9.17, 15) is 0 Å². The first kappa shape index (κ1) is 24.9. The van der Waals surface area contributed by atoms with Gasteiger partial charge in [-0.2, -0.15) is 0 Å². The molecule has 0 amide bonds. The molecule has 7 rings (SSSR count). The number of hydrogen-bond donors (Lipinski definition) is 0. The number of fused-ring (bicyclic) bond motifs is 1. The lowest BCUT2D eigenvalue weighted by Crippen LogP contribution is -1.98. The van der Waals surface area contributed by atoms with Gasteiger partial charge in [0.25, 0.3) is 0 Å². The third-order valence-electron chi connectivity index (χ3n) is 7.60. The van der Waals surface area contributed by atoms with E-state index in [0.29, 0.717) is 5.82 Å². The molecule has 0 unspecified atom stereocenters. The molecule has 196 valence electrons. The van der Waals surface area contributed by atoms with E-state index >= 15 is 0 Å². The van der Waals surface area contributed by atoms with Gasteiger partial charge in [-0.25, -0.2) is 9.97 Å². The van der Waals surface area contributed by atoms with E-state index in [0.717, 1.165) is 63.4 Å². The molecular weight excluding hydrogens is 498 g/mol. The van der Waals surface area contributed by atoms with Gasteiger partial charge in [0.2, 0.25) is 0 Å². The fourth-order valence-corrected chi connectivity index (χ4v) is 5.47. The minimum absolute atomic E-state index is 0.693. The van der Waals surface area contributed by atoms with Crippen LogP contribution in [0.4, 0.5) is 0 Å². The number of aryl methyl sites for hydroxylation is 2. The molecule has 41 heavy (non-hydrogen) atoms. The lowest BCUT2D eigenvalue weighted by molar-refractivity contribution is 0.986. The summed E-state index contributed by atoms with van der Waals surface area (Å²) in [4.78, 5) is 15.1. The zero-order valence-electron chi connectivity index (χ0n) is 23.0. The Balaban J connectivity index is 1.45. The highest BCUT2D eigenvalue weighted by atomic mass is 14.9. The summed E-state index contributed by atoms with van der Waals surface area (Å²) < 4.78 is 0. The highest BCUT2D eigenvalue weighted by molar-refractivity contribution is 5.81. The maximum Gasteiger partial charge on any atom is 0.160 e. The van der Waals surface area contributed by atoms with Crippen molar-refractivity contribution in [2.24, 2.45) is 0 Å². The van der Waals surface area contributed by atoms with Gasteiger partial charge in [0.05, 0.1) is 17.1 Å². The minimum Gasteiger partial charge on any atom is -0.253 e. The van der Waals surface area contributed by atoms with E-state index < -0.39 is 0 Å². The Labute approximate surface area is 241 Å². The third-order valence-corrected chi connectivity index (χ3v) is 7.60. The van der Waals surface area contributed by atoms with Gasteiger partial charge in [0.1, 0.15) is 0 Å². The molecule has 1 aliphatic rings. The van der Waals surface area contributed by atoms with Crippen LogP contribution in [0.25, 0.3) is 62.4 Å². The minimum atomic E-state index is 0.693. The summed E-state index contributed by atoms with van der Waals surface area (Å²) in [5, 5.41) is 0. The van der Waals surface area contributed by atoms with Crippen LogP contribution < -0.4 is 0 Å². The molecule has 0 saturated heterocycles. The van der Waals surface area contributed by atoms with E-state index in [2.05, 4.69) is 91.0 Å². The number of hydrogen-bond acceptors (Lipinski definition) is 3. The summed E-state index contributed by atoms with van der Waals surface area (Å²) >= 11 is 0. The molecule has 0 N–H and O–H groups in total. The van der Waals surface area contributed by atoms with Gasteiger partial charge in [-0.15, -0.1) is 0 Å². The van der Waals surface area contributed by atoms with Crippen LogP contribution in [0.2, 0.25) is 0 Å². The Kier molecular flexibility index (Phi) is 6.54. The van der Waals surface area contributed by atoms with Crippen molar-refractivity contribution in [3.8, 4) is 56.3 Å². The quantitative estimate of drug-likeness (QED) is 0.224. The van der Waals surface area contributed by atoms with E-state index in [-0.39, 0.29) is 0 Å². The van der Waals surface area contributed by atoms with Crippen molar-refractivity contribution in [2.75, 3.05) is 0 Å². The largest absolute Gasteiger partial charge is 0.253 e. The van der Waals surface area contributed by atoms with Gasteiger partial charge in [-0.1, -0.05) is 91.0 Å². The van der Waals surface area contributed by atoms with Crippen molar-refractivity contribution < 1.29 is 0 Å². The van der Waals surface area contributed by atoms with Gasteiger partial charge in [0.15, 0.2) is 5.82 Å². The lowest BCUT2D eigenvalue weighted by Gasteiger charge is -2.15. The van der Waals surface area contributed by atoms with Gasteiger partial charge >= 0.3 is 0 Å². The molecule has 0 saturated carbocycles. The first-order valence-corrected chi connectivity index (χ1v) is 14.1. The van der Waals surface area contributed by atoms with Crippen LogP contribution in [0.5, 0.6) is 0 Å². The SMILES string of the molecule is Cc1cccc(-c2cc(-c3ccc4c(c3)C=CCC4)cc(-c3nc(-c4ccccc4)cc(-c4ccccc4)n3)c2)n1. The lowest BCUT2D eigenvalue weighted by atomic mass is 9.91. The molecule has 3 heteroatoms. The van der Waals surface area contributed by atoms with Crippen LogP contribution in [0.15, 0.2) is 127 Å². The molecule has 0 spiro atoms. The van der Waals surface area contributed by atoms with E-state index in [1.165, 1.54) is 16.7 Å². The molecule has 2 heterocycles. The average Bonchev–Trinajstić information content (AvgIpc) is 3.05. The molecule has 0 bridgehead atoms. The second kappa shape index (κ2) is 10.8. The highest BCUT2D eigenvalue weighted by Crippen LogP contribution is 2.35. The van der Waals surface area contributed by atoms with Crippen molar-refractivity contribution in [2.45, 2.75) is 19.8 Å². The van der Waals surface area contributed by atoms with Gasteiger partial charge in [-0.05, 0) is 84.5 Å². The first-order chi connectivity index (χ1) is 20.2. The molecule has 3 nitrogen and oxygen atoms in total. The molecular formula is C38H29N3. The predicted molar refractivity (Wildman–Crippen MR) is 169 cm³/mol. The topological polar surface area (TPSA) is 38.7 Å². The van der Waals surface area contributed by atoms with Gasteiger partial charge in [-0.3, -0.25) is 4.98 Å². The predicted octanol–water partition coefficient (Wildman–Crippen LogP) is 9.47. The van der Waals surface area contributed by atoms with Crippen LogP contribution in [0.3, 0.4) is 0 Å². The second-order valence-corrected chi connectivity index (χ2v) is 10.5. The van der Waals surface area contributed by atoms with E-state index in [1.807, 2.05) is 49.4 Å². The normalized spacial score (nSPS) is 12.2. The van der Waals surface area contributed by atoms with Crippen LogP contribution in [-0.2, 0) is 6.42 Å². The zero-order chi connectivity index (χ0) is 27.6. The summed E-state index contributed by atoms with van der Waals surface area (Å²) in [7, 11) is 0. The highest BCUT2D eigenvalue weighted by Gasteiger charge is 2.15. The number of nitrogens with zero attached hydrogens (tertiary/aromatic N) is 3. The first-order valence-electron chi connectivity index (χ1n) is 14.1. The molecule has 0 fully saturated rings. The number of benzene rings is 4. The van der Waals surface area contributed by atoms with Crippen molar-refractivity contribution >= 4 is 6.08 Å². The smallest absolute Gasteiger partial charge is 0.160 e. The molecule has 0 aliphatic heterocycles. The van der Waals surface area contributed by atoms with Gasteiger partial charge < -0.3 is 0 Å². The monoisotopic (exact) mass is 527 g/mol.